The zero-order valence-corrected chi connectivity index (χ0v) is 11.9. The Morgan fingerprint density at radius 2 is 2.11 bits per heavy atom. The number of nitrogens with one attached hydrogen (secondary N) is 1. The van der Waals surface area contributed by atoms with Gasteiger partial charge in [0.05, 0.1) is 6.54 Å². The van der Waals surface area contributed by atoms with Gasteiger partial charge in [-0.25, -0.2) is 0 Å². The summed E-state index contributed by atoms with van der Waals surface area (Å²) in [5.41, 5.74) is 5.24. The molecule has 7 nitrogen and oxygen atoms in total. The summed E-state index contributed by atoms with van der Waals surface area (Å²) >= 11 is 5.86. The van der Waals surface area contributed by atoms with Crippen LogP contribution in [0.1, 0.15) is 26.7 Å². The third kappa shape index (κ3) is 5.25. The molecule has 1 heterocycles. The first kappa shape index (κ1) is 15.4. The quantitative estimate of drug-likeness (QED) is 0.741. The molecule has 0 radical (unpaired) electrons. The summed E-state index contributed by atoms with van der Waals surface area (Å²) in [4.78, 5) is 25.0. The van der Waals surface area contributed by atoms with Gasteiger partial charge in [-0.05, 0) is 24.9 Å². The Labute approximate surface area is 117 Å². The minimum absolute atomic E-state index is 0.0614. The van der Waals surface area contributed by atoms with Crippen LogP contribution in [0.15, 0.2) is 0 Å². The molecule has 0 bridgehead atoms. The van der Waals surface area contributed by atoms with Crippen LogP contribution < -0.4 is 16.0 Å². The van der Waals surface area contributed by atoms with E-state index in [1.165, 1.54) is 0 Å². The summed E-state index contributed by atoms with van der Waals surface area (Å²) < 4.78 is 0. The highest BCUT2D eigenvalue weighted by Crippen LogP contribution is 2.14. The average molecular weight is 287 g/mol. The van der Waals surface area contributed by atoms with E-state index in [9.17, 15) is 4.79 Å². The van der Waals surface area contributed by atoms with Crippen molar-refractivity contribution in [2.24, 2.45) is 5.73 Å². The molecular weight excluding hydrogens is 268 g/mol. The maximum Gasteiger partial charge on any atom is 0.237 e. The molecule has 0 atom stereocenters. The lowest BCUT2D eigenvalue weighted by Crippen LogP contribution is -2.36. The van der Waals surface area contributed by atoms with Gasteiger partial charge in [-0.15, -0.1) is 0 Å². The average Bonchev–Trinajstić information content (AvgIpc) is 2.33. The van der Waals surface area contributed by atoms with Crippen LogP contribution in [-0.2, 0) is 4.79 Å². The molecule has 8 heteroatoms. The van der Waals surface area contributed by atoms with E-state index in [1.807, 2.05) is 6.92 Å². The van der Waals surface area contributed by atoms with Crippen LogP contribution in [0.4, 0.5) is 11.9 Å². The largest absolute Gasteiger partial charge is 0.368 e. The number of nitrogens with zero attached hydrogens (tertiary/aromatic N) is 4. The van der Waals surface area contributed by atoms with Crippen LogP contribution >= 0.6 is 11.6 Å². The number of unbranched alkanes of at least 4 members (excludes halogenated alkanes) is 1. The summed E-state index contributed by atoms with van der Waals surface area (Å²) in [5.74, 6) is 0.323. The Morgan fingerprint density at radius 3 is 2.68 bits per heavy atom. The van der Waals surface area contributed by atoms with Gasteiger partial charge in [0.1, 0.15) is 0 Å². The number of primary amides is 1. The fourth-order valence-corrected chi connectivity index (χ4v) is 1.66. The third-order valence-electron chi connectivity index (χ3n) is 2.34. The van der Waals surface area contributed by atoms with Gasteiger partial charge in [0, 0.05) is 13.1 Å². The fraction of sp³-hybridized carbons (Fsp3) is 0.636. The first-order chi connectivity index (χ1) is 9.06. The number of carbonyl (C=O) groups is 1. The number of anilines is 2. The second-order valence-electron chi connectivity index (χ2n) is 4.00. The molecule has 0 aliphatic heterocycles. The van der Waals surface area contributed by atoms with E-state index >= 15 is 0 Å². The predicted octanol–water partition coefficient (Wildman–Crippen LogP) is 1.05. The Kier molecular flexibility index (Phi) is 6.27. The van der Waals surface area contributed by atoms with Gasteiger partial charge in [0.15, 0.2) is 0 Å². The fourth-order valence-electron chi connectivity index (χ4n) is 1.51. The smallest absolute Gasteiger partial charge is 0.237 e. The highest BCUT2D eigenvalue weighted by Gasteiger charge is 2.14. The Bertz CT molecular complexity index is 428. The van der Waals surface area contributed by atoms with Crippen LogP contribution in [0, 0.1) is 0 Å². The molecule has 106 valence electrons. The molecule has 1 aromatic rings. The topological polar surface area (TPSA) is 97.0 Å². The van der Waals surface area contributed by atoms with Gasteiger partial charge in [-0.2, -0.15) is 15.0 Å². The Morgan fingerprint density at radius 1 is 1.37 bits per heavy atom. The van der Waals surface area contributed by atoms with Gasteiger partial charge >= 0.3 is 0 Å². The monoisotopic (exact) mass is 286 g/mol. The van der Waals surface area contributed by atoms with Crippen molar-refractivity contribution in [3.05, 3.63) is 5.28 Å². The molecule has 0 aromatic carbocycles. The summed E-state index contributed by atoms with van der Waals surface area (Å²) in [6.07, 6.45) is 1.90. The molecule has 0 fully saturated rings. The van der Waals surface area contributed by atoms with Crippen LogP contribution in [0.5, 0.6) is 0 Å². The maximum absolute atomic E-state index is 11.1. The first-order valence-corrected chi connectivity index (χ1v) is 6.63. The highest BCUT2D eigenvalue weighted by atomic mass is 35.5. The molecule has 1 amide bonds. The van der Waals surface area contributed by atoms with Crippen LogP contribution in [0.25, 0.3) is 0 Å². The highest BCUT2D eigenvalue weighted by molar-refractivity contribution is 6.28. The molecule has 0 saturated carbocycles. The van der Waals surface area contributed by atoms with Crippen molar-refractivity contribution in [3.63, 3.8) is 0 Å². The number of nitrogens with two attached hydrogens (primary N) is 1. The number of hydrogen-bond acceptors (Lipinski definition) is 6. The zero-order valence-electron chi connectivity index (χ0n) is 11.2. The lowest BCUT2D eigenvalue weighted by atomic mass is 10.3. The van der Waals surface area contributed by atoms with E-state index in [0.717, 1.165) is 12.8 Å². The van der Waals surface area contributed by atoms with Crippen molar-refractivity contribution in [2.45, 2.75) is 26.7 Å². The van der Waals surface area contributed by atoms with Crippen molar-refractivity contribution >= 4 is 29.4 Å². The lowest BCUT2D eigenvalue weighted by molar-refractivity contribution is -0.116. The van der Waals surface area contributed by atoms with Gasteiger partial charge in [0.25, 0.3) is 0 Å². The molecule has 1 rings (SSSR count). The summed E-state index contributed by atoms with van der Waals surface area (Å²) in [7, 11) is 0. The molecule has 0 aliphatic carbocycles. The summed E-state index contributed by atoms with van der Waals surface area (Å²) in [6.45, 7) is 5.37. The second-order valence-corrected chi connectivity index (χ2v) is 4.34. The van der Waals surface area contributed by atoms with Crippen LogP contribution in [-0.4, -0.2) is 40.5 Å². The normalized spacial score (nSPS) is 10.3. The van der Waals surface area contributed by atoms with Crippen LogP contribution in [0.2, 0.25) is 5.28 Å². The zero-order chi connectivity index (χ0) is 14.3. The molecule has 3 N–H and O–H groups in total. The molecule has 1 aromatic heterocycles. The number of aromatic nitrogens is 3. The van der Waals surface area contributed by atoms with Crippen molar-refractivity contribution in [2.75, 3.05) is 29.9 Å². The van der Waals surface area contributed by atoms with Crippen molar-refractivity contribution in [3.8, 4) is 0 Å². The van der Waals surface area contributed by atoms with Crippen molar-refractivity contribution in [1.82, 2.24) is 15.0 Å². The Balaban J connectivity index is 2.95. The Hall–Kier alpha value is -1.63. The second kappa shape index (κ2) is 7.73. The van der Waals surface area contributed by atoms with Crippen molar-refractivity contribution < 1.29 is 4.79 Å². The molecule has 0 unspecified atom stereocenters. The molecular formula is C11H19ClN6O. The number of amides is 1. The lowest BCUT2D eigenvalue weighted by Gasteiger charge is -2.21. The van der Waals surface area contributed by atoms with Crippen LogP contribution in [0.3, 0.4) is 0 Å². The summed E-state index contributed by atoms with van der Waals surface area (Å²) in [5, 5.41) is 3.05. The standard InChI is InChI=1S/C11H19ClN6O/c1-3-5-6-18(7-8(13)19)11-16-9(12)15-10(17-11)14-4-2/h3-7H2,1-2H3,(H2,13,19)(H,14,15,16,17). The van der Waals surface area contributed by atoms with E-state index < -0.39 is 5.91 Å². The SMILES string of the molecule is CCCCN(CC(N)=O)c1nc(Cl)nc(NCC)n1. The van der Waals surface area contributed by atoms with E-state index in [4.69, 9.17) is 17.3 Å². The van der Waals surface area contributed by atoms with Gasteiger partial charge in [-0.1, -0.05) is 13.3 Å². The number of rotatable bonds is 8. The van der Waals surface area contributed by atoms with Crippen molar-refractivity contribution in [1.29, 1.82) is 0 Å². The maximum atomic E-state index is 11.1. The van der Waals surface area contributed by atoms with Gasteiger partial charge in [0.2, 0.25) is 23.1 Å². The molecule has 0 spiro atoms. The van der Waals surface area contributed by atoms with Gasteiger partial charge in [-0.3, -0.25) is 4.79 Å². The minimum atomic E-state index is -0.433. The third-order valence-corrected chi connectivity index (χ3v) is 2.51. The molecule has 19 heavy (non-hydrogen) atoms. The first-order valence-electron chi connectivity index (χ1n) is 6.25. The molecule has 0 saturated heterocycles. The van der Waals surface area contributed by atoms with E-state index in [0.29, 0.717) is 25.0 Å². The van der Waals surface area contributed by atoms with E-state index in [-0.39, 0.29) is 11.8 Å². The summed E-state index contributed by atoms with van der Waals surface area (Å²) in [6, 6.07) is 0. The minimum Gasteiger partial charge on any atom is -0.368 e. The predicted molar refractivity (Wildman–Crippen MR) is 75.3 cm³/mol. The number of halogens is 1. The van der Waals surface area contributed by atoms with E-state index in [1.54, 1.807) is 4.90 Å². The molecule has 0 aliphatic rings. The number of hydrogen-bond donors (Lipinski definition) is 2. The number of carbonyl (C=O) groups excluding carboxylic acids is 1. The van der Waals surface area contributed by atoms with E-state index in [2.05, 4.69) is 27.2 Å². The van der Waals surface area contributed by atoms with Gasteiger partial charge < -0.3 is 16.0 Å².